The van der Waals surface area contributed by atoms with Gasteiger partial charge in [-0.3, -0.25) is 4.90 Å². The van der Waals surface area contributed by atoms with Crippen LogP contribution in [-0.2, 0) is 34.5 Å². The summed E-state index contributed by atoms with van der Waals surface area (Å²) in [5.41, 5.74) is 2.49. The summed E-state index contributed by atoms with van der Waals surface area (Å²) in [4.78, 5) is 25.2. The van der Waals surface area contributed by atoms with Gasteiger partial charge in [-0.2, -0.15) is 0 Å². The van der Waals surface area contributed by atoms with Crippen molar-refractivity contribution in [2.24, 2.45) is 0 Å². The van der Waals surface area contributed by atoms with Crippen LogP contribution < -0.4 is 10.6 Å². The molecule has 1 spiro atoms. The average molecular weight is 444 g/mol. The van der Waals surface area contributed by atoms with E-state index in [0.717, 1.165) is 63.8 Å². The molecule has 2 aromatic heterocycles. The lowest BCUT2D eigenvalue weighted by atomic mass is 9.82. The normalized spacial score (nSPS) is 19.2. The van der Waals surface area contributed by atoms with Crippen molar-refractivity contribution in [2.45, 2.75) is 57.2 Å². The van der Waals surface area contributed by atoms with Crippen LogP contribution in [0, 0.1) is 0 Å². The van der Waals surface area contributed by atoms with E-state index in [0.29, 0.717) is 18.9 Å². The maximum Gasteiger partial charge on any atom is 0.222 e. The lowest BCUT2D eigenvalue weighted by Gasteiger charge is -2.44. The average Bonchev–Trinajstić information content (AvgIpc) is 3.22. The van der Waals surface area contributed by atoms with Gasteiger partial charge in [-0.1, -0.05) is 6.92 Å². The summed E-state index contributed by atoms with van der Waals surface area (Å²) in [7, 11) is 1.87. The number of hydrogen-bond donors (Lipinski definition) is 2. The van der Waals surface area contributed by atoms with Gasteiger partial charge < -0.3 is 20.2 Å². The molecule has 31 heavy (non-hydrogen) atoms. The molecule has 4 heterocycles. The monoisotopic (exact) mass is 443 g/mol. The third-order valence-electron chi connectivity index (χ3n) is 6.35. The molecule has 0 radical (unpaired) electrons. The third kappa shape index (κ3) is 5.14. The topological polar surface area (TPSA) is 79.4 Å². The molecule has 8 heteroatoms. The zero-order valence-corrected chi connectivity index (χ0v) is 19.3. The SMILES string of the molecule is CCc1cc2c(s1)CCOC21CCN(Cc2cnc(NC(CC=O)CNC)nc2)CC1. The van der Waals surface area contributed by atoms with Crippen LogP contribution in [0.3, 0.4) is 0 Å². The first kappa shape index (κ1) is 22.3. The van der Waals surface area contributed by atoms with E-state index in [2.05, 4.69) is 38.5 Å². The minimum Gasteiger partial charge on any atom is -0.370 e. The Labute approximate surface area is 188 Å². The lowest BCUT2D eigenvalue weighted by Crippen LogP contribution is -2.45. The Morgan fingerprint density at radius 2 is 2.10 bits per heavy atom. The van der Waals surface area contributed by atoms with E-state index in [1.807, 2.05) is 30.8 Å². The number of fused-ring (bicyclic) bond motifs is 2. The van der Waals surface area contributed by atoms with Crippen molar-refractivity contribution in [1.82, 2.24) is 20.2 Å². The number of aryl methyl sites for hydroxylation is 1. The number of anilines is 1. The summed E-state index contributed by atoms with van der Waals surface area (Å²) in [6.45, 7) is 6.64. The van der Waals surface area contributed by atoms with Gasteiger partial charge in [0.05, 0.1) is 12.2 Å². The molecule has 7 nitrogen and oxygen atoms in total. The largest absolute Gasteiger partial charge is 0.370 e. The molecule has 1 fully saturated rings. The molecular weight excluding hydrogens is 410 g/mol. The van der Waals surface area contributed by atoms with Gasteiger partial charge >= 0.3 is 0 Å². The van der Waals surface area contributed by atoms with Gasteiger partial charge in [0.1, 0.15) is 6.29 Å². The number of aromatic nitrogens is 2. The second-order valence-corrected chi connectivity index (χ2v) is 9.71. The van der Waals surface area contributed by atoms with Gasteiger partial charge in [0.25, 0.3) is 0 Å². The first-order chi connectivity index (χ1) is 15.2. The van der Waals surface area contributed by atoms with Crippen LogP contribution in [0.2, 0.25) is 0 Å². The molecule has 2 aliphatic rings. The maximum atomic E-state index is 10.8. The van der Waals surface area contributed by atoms with E-state index in [1.165, 1.54) is 10.4 Å². The number of rotatable bonds is 9. The zero-order valence-electron chi connectivity index (χ0n) is 18.5. The Hall–Kier alpha value is -1.87. The molecule has 0 aliphatic carbocycles. The minimum atomic E-state index is -0.0841. The summed E-state index contributed by atoms with van der Waals surface area (Å²) >= 11 is 1.98. The van der Waals surface area contributed by atoms with E-state index >= 15 is 0 Å². The molecule has 1 unspecified atom stereocenters. The number of aldehydes is 1. The van der Waals surface area contributed by atoms with Crippen LogP contribution >= 0.6 is 11.3 Å². The predicted octanol–water partition coefficient (Wildman–Crippen LogP) is 2.75. The van der Waals surface area contributed by atoms with Gasteiger partial charge in [-0.05, 0) is 37.9 Å². The number of carbonyl (C=O) groups excluding carboxylic acids is 1. The highest BCUT2D eigenvalue weighted by Crippen LogP contribution is 2.44. The number of piperidine rings is 1. The van der Waals surface area contributed by atoms with Crippen LogP contribution in [0.5, 0.6) is 0 Å². The van der Waals surface area contributed by atoms with Crippen molar-refractivity contribution in [3.05, 3.63) is 39.3 Å². The van der Waals surface area contributed by atoms with Crippen LogP contribution in [0.4, 0.5) is 5.95 Å². The number of nitrogens with zero attached hydrogens (tertiary/aromatic N) is 3. The van der Waals surface area contributed by atoms with E-state index < -0.39 is 0 Å². The summed E-state index contributed by atoms with van der Waals surface area (Å²) in [6, 6.07) is 2.40. The highest BCUT2D eigenvalue weighted by Gasteiger charge is 2.41. The molecule has 0 amide bonds. The maximum absolute atomic E-state index is 10.8. The highest BCUT2D eigenvalue weighted by molar-refractivity contribution is 7.12. The number of thiophene rings is 1. The Morgan fingerprint density at radius 1 is 1.32 bits per heavy atom. The highest BCUT2D eigenvalue weighted by atomic mass is 32.1. The zero-order chi connectivity index (χ0) is 21.7. The van der Waals surface area contributed by atoms with Crippen LogP contribution in [0.25, 0.3) is 0 Å². The Balaban J connectivity index is 1.33. The van der Waals surface area contributed by atoms with Crippen molar-refractivity contribution < 1.29 is 9.53 Å². The molecule has 4 rings (SSSR count). The Morgan fingerprint density at radius 3 is 2.77 bits per heavy atom. The molecule has 0 aromatic carbocycles. The number of carbonyl (C=O) groups is 1. The predicted molar refractivity (Wildman–Crippen MR) is 124 cm³/mol. The van der Waals surface area contributed by atoms with Gasteiger partial charge in [-0.25, -0.2) is 9.97 Å². The molecule has 1 saturated heterocycles. The molecule has 2 aromatic rings. The van der Waals surface area contributed by atoms with E-state index in [-0.39, 0.29) is 11.6 Å². The molecule has 2 N–H and O–H groups in total. The van der Waals surface area contributed by atoms with Gasteiger partial charge in [0, 0.05) is 72.8 Å². The molecule has 0 saturated carbocycles. The van der Waals surface area contributed by atoms with Crippen LogP contribution in [0.15, 0.2) is 18.5 Å². The van der Waals surface area contributed by atoms with Crippen molar-refractivity contribution >= 4 is 23.6 Å². The second kappa shape index (κ2) is 10.2. The minimum absolute atomic E-state index is 0.00246. The van der Waals surface area contributed by atoms with Crippen molar-refractivity contribution in [3.63, 3.8) is 0 Å². The quantitative estimate of drug-likeness (QED) is 0.577. The number of likely N-dealkylation sites (N-methyl/N-ethyl adjacent to an activating group) is 1. The summed E-state index contributed by atoms with van der Waals surface area (Å²) in [6.07, 6.45) is 9.37. The standard InChI is InChI=1S/C23H33N5O2S/c1-3-19-12-20-21(31-19)5-11-30-23(20)6-8-28(9-7-23)16-17-13-25-22(26-14-17)27-18(4-10-29)15-24-2/h10,12-14,18,24H,3-9,11,15-16H2,1-2H3,(H,25,26,27). The van der Waals surface area contributed by atoms with Gasteiger partial charge in [-0.15, -0.1) is 11.3 Å². The number of ether oxygens (including phenoxy) is 1. The number of hydrogen-bond acceptors (Lipinski definition) is 8. The first-order valence-corrected chi connectivity index (χ1v) is 12.1. The number of likely N-dealkylation sites (tertiary alicyclic amines) is 1. The summed E-state index contributed by atoms with van der Waals surface area (Å²) in [5, 5.41) is 6.30. The second-order valence-electron chi connectivity index (χ2n) is 8.49. The molecule has 168 valence electrons. The molecule has 0 bridgehead atoms. The van der Waals surface area contributed by atoms with Crippen molar-refractivity contribution in [1.29, 1.82) is 0 Å². The molecule has 1 atom stereocenters. The van der Waals surface area contributed by atoms with Crippen LogP contribution in [0.1, 0.15) is 47.1 Å². The summed E-state index contributed by atoms with van der Waals surface area (Å²) in [5.74, 6) is 0.566. The van der Waals surface area contributed by atoms with E-state index in [9.17, 15) is 4.79 Å². The molecular formula is C23H33N5O2S. The smallest absolute Gasteiger partial charge is 0.222 e. The fourth-order valence-electron chi connectivity index (χ4n) is 4.64. The van der Waals surface area contributed by atoms with Crippen molar-refractivity contribution in [3.8, 4) is 0 Å². The van der Waals surface area contributed by atoms with Crippen LogP contribution in [-0.4, -0.2) is 60.5 Å². The first-order valence-electron chi connectivity index (χ1n) is 11.3. The fraction of sp³-hybridized carbons (Fsp3) is 0.609. The van der Waals surface area contributed by atoms with Crippen molar-refractivity contribution in [2.75, 3.05) is 38.6 Å². The molecule has 2 aliphatic heterocycles. The Bertz CT molecular complexity index is 861. The number of nitrogens with one attached hydrogen (secondary N) is 2. The van der Waals surface area contributed by atoms with Gasteiger partial charge in [0.2, 0.25) is 5.95 Å². The van der Waals surface area contributed by atoms with E-state index in [1.54, 1.807) is 4.88 Å². The lowest BCUT2D eigenvalue weighted by molar-refractivity contribution is -0.108. The van der Waals surface area contributed by atoms with Gasteiger partial charge in [0.15, 0.2) is 0 Å². The third-order valence-corrected chi connectivity index (χ3v) is 7.69. The summed E-state index contributed by atoms with van der Waals surface area (Å²) < 4.78 is 6.40. The fourth-order valence-corrected chi connectivity index (χ4v) is 5.82. The Kier molecular flexibility index (Phi) is 7.32. The van der Waals surface area contributed by atoms with E-state index in [4.69, 9.17) is 4.74 Å².